The van der Waals surface area contributed by atoms with Crippen LogP contribution >= 0.6 is 0 Å². The number of hydrogen-bond donors (Lipinski definition) is 2. The van der Waals surface area contributed by atoms with E-state index in [-0.39, 0.29) is 5.91 Å². The molecule has 2 aromatic carbocycles. The van der Waals surface area contributed by atoms with Crippen molar-refractivity contribution in [3.8, 4) is 6.07 Å². The highest BCUT2D eigenvalue weighted by atomic mass is 16.1. The Morgan fingerprint density at radius 3 is 2.50 bits per heavy atom. The minimum absolute atomic E-state index is 0.231. The molecule has 3 aromatic rings. The van der Waals surface area contributed by atoms with Gasteiger partial charge in [0, 0.05) is 30.7 Å². The molecule has 6 nitrogen and oxygen atoms in total. The molecular weight excluding hydrogens is 374 g/mol. The molecule has 30 heavy (non-hydrogen) atoms. The van der Waals surface area contributed by atoms with Gasteiger partial charge < -0.3 is 15.5 Å². The molecule has 1 aliphatic rings. The average molecular weight is 397 g/mol. The third kappa shape index (κ3) is 4.58. The highest BCUT2D eigenvalue weighted by molar-refractivity contribution is 6.04. The highest BCUT2D eigenvalue weighted by Crippen LogP contribution is 2.23. The third-order valence-corrected chi connectivity index (χ3v) is 5.17. The van der Waals surface area contributed by atoms with Crippen LogP contribution in [0.3, 0.4) is 0 Å². The van der Waals surface area contributed by atoms with E-state index in [1.54, 1.807) is 18.3 Å². The monoisotopic (exact) mass is 397 g/mol. The van der Waals surface area contributed by atoms with Gasteiger partial charge in [-0.1, -0.05) is 12.1 Å². The predicted molar refractivity (Wildman–Crippen MR) is 119 cm³/mol. The number of aromatic nitrogens is 1. The lowest BCUT2D eigenvalue weighted by Crippen LogP contribution is -2.29. The van der Waals surface area contributed by atoms with Crippen LogP contribution in [-0.2, 0) is 0 Å². The molecule has 0 spiro atoms. The van der Waals surface area contributed by atoms with E-state index >= 15 is 0 Å². The van der Waals surface area contributed by atoms with Gasteiger partial charge in [-0.25, -0.2) is 0 Å². The largest absolute Gasteiger partial charge is 0.372 e. The summed E-state index contributed by atoms with van der Waals surface area (Å²) in [5.74, 6) is -0.231. The van der Waals surface area contributed by atoms with Crippen LogP contribution in [0.1, 0.15) is 35.2 Å². The van der Waals surface area contributed by atoms with Gasteiger partial charge in [0.2, 0.25) is 0 Å². The van der Waals surface area contributed by atoms with Crippen molar-refractivity contribution in [2.24, 2.45) is 0 Å². The lowest BCUT2D eigenvalue weighted by Gasteiger charge is -2.28. The van der Waals surface area contributed by atoms with Crippen LogP contribution in [0.5, 0.6) is 0 Å². The second-order valence-electron chi connectivity index (χ2n) is 7.29. The SMILES string of the molecule is N#Cc1ccccc1Nc1cncc(C(=O)Nc2ccc(N3CCCCC3)cc2)c1. The van der Waals surface area contributed by atoms with Crippen molar-refractivity contribution in [3.63, 3.8) is 0 Å². The maximum Gasteiger partial charge on any atom is 0.257 e. The second-order valence-corrected chi connectivity index (χ2v) is 7.29. The average Bonchev–Trinajstić information content (AvgIpc) is 2.81. The van der Waals surface area contributed by atoms with Crippen molar-refractivity contribution < 1.29 is 4.79 Å². The molecule has 0 unspecified atom stereocenters. The summed E-state index contributed by atoms with van der Waals surface area (Å²) < 4.78 is 0. The first-order valence-corrected chi connectivity index (χ1v) is 10.1. The van der Waals surface area contributed by atoms with E-state index in [9.17, 15) is 10.1 Å². The summed E-state index contributed by atoms with van der Waals surface area (Å²) in [6.45, 7) is 2.18. The molecule has 1 saturated heterocycles. The normalized spacial score (nSPS) is 13.4. The Morgan fingerprint density at radius 1 is 0.967 bits per heavy atom. The number of para-hydroxylation sites is 1. The number of amides is 1. The molecule has 2 N–H and O–H groups in total. The van der Waals surface area contributed by atoms with Gasteiger partial charge >= 0.3 is 0 Å². The molecule has 0 aliphatic carbocycles. The molecule has 1 fully saturated rings. The number of nitrogens with one attached hydrogen (secondary N) is 2. The Bertz CT molecular complexity index is 1070. The molecule has 0 saturated carbocycles. The molecule has 1 amide bonds. The van der Waals surface area contributed by atoms with Crippen molar-refractivity contribution >= 4 is 28.7 Å². The number of nitrogens with zero attached hydrogens (tertiary/aromatic N) is 3. The van der Waals surface area contributed by atoms with E-state index < -0.39 is 0 Å². The van der Waals surface area contributed by atoms with Gasteiger partial charge in [-0.05, 0) is 61.7 Å². The van der Waals surface area contributed by atoms with Crippen LogP contribution in [-0.4, -0.2) is 24.0 Å². The smallest absolute Gasteiger partial charge is 0.257 e. The van der Waals surface area contributed by atoms with Crippen molar-refractivity contribution in [2.75, 3.05) is 28.6 Å². The molecule has 0 bridgehead atoms. The van der Waals surface area contributed by atoms with E-state index in [4.69, 9.17) is 0 Å². The standard InChI is InChI=1S/C24H23N5O/c25-15-18-6-2-3-7-23(18)27-21-14-19(16-26-17-21)24(30)28-20-8-10-22(11-9-20)29-12-4-1-5-13-29/h2-3,6-11,14,16-17,27H,1,4-5,12-13H2,(H,28,30). The van der Waals surface area contributed by atoms with Crippen LogP contribution in [0.15, 0.2) is 67.0 Å². The minimum Gasteiger partial charge on any atom is -0.372 e. The maximum absolute atomic E-state index is 12.7. The Balaban J connectivity index is 1.43. The van der Waals surface area contributed by atoms with Crippen LogP contribution < -0.4 is 15.5 Å². The fourth-order valence-electron chi connectivity index (χ4n) is 3.59. The quantitative estimate of drug-likeness (QED) is 0.637. The molecular formula is C24H23N5O. The number of carbonyl (C=O) groups excluding carboxylic acids is 1. The lowest BCUT2D eigenvalue weighted by molar-refractivity contribution is 0.102. The zero-order valence-corrected chi connectivity index (χ0v) is 16.6. The summed E-state index contributed by atoms with van der Waals surface area (Å²) in [7, 11) is 0. The summed E-state index contributed by atoms with van der Waals surface area (Å²) in [6.07, 6.45) is 6.91. The number of benzene rings is 2. The zero-order valence-electron chi connectivity index (χ0n) is 16.6. The summed E-state index contributed by atoms with van der Waals surface area (Å²) >= 11 is 0. The molecule has 2 heterocycles. The number of carbonyl (C=O) groups is 1. The summed E-state index contributed by atoms with van der Waals surface area (Å²) in [5.41, 5.74) is 4.22. The lowest BCUT2D eigenvalue weighted by atomic mass is 10.1. The number of piperidine rings is 1. The minimum atomic E-state index is -0.231. The number of nitriles is 1. The van der Waals surface area contributed by atoms with Gasteiger partial charge in [0.15, 0.2) is 0 Å². The molecule has 0 radical (unpaired) electrons. The first-order valence-electron chi connectivity index (χ1n) is 10.1. The molecule has 0 atom stereocenters. The van der Waals surface area contributed by atoms with Gasteiger partial charge in [0.25, 0.3) is 5.91 Å². The third-order valence-electron chi connectivity index (χ3n) is 5.17. The van der Waals surface area contributed by atoms with E-state index in [0.717, 1.165) is 18.8 Å². The number of hydrogen-bond acceptors (Lipinski definition) is 5. The summed E-state index contributed by atoms with van der Waals surface area (Å²) in [6, 6.07) is 19.0. The maximum atomic E-state index is 12.7. The zero-order chi connectivity index (χ0) is 20.8. The molecule has 4 rings (SSSR count). The Hall–Kier alpha value is -3.85. The van der Waals surface area contributed by atoms with Crippen LogP contribution in [0.4, 0.5) is 22.7 Å². The first kappa shape index (κ1) is 19.5. The van der Waals surface area contributed by atoms with Crippen molar-refractivity contribution in [3.05, 3.63) is 78.1 Å². The van der Waals surface area contributed by atoms with E-state index in [0.29, 0.717) is 22.5 Å². The molecule has 6 heteroatoms. The van der Waals surface area contributed by atoms with Crippen LogP contribution in [0.25, 0.3) is 0 Å². The second kappa shape index (κ2) is 9.10. The summed E-state index contributed by atoms with van der Waals surface area (Å²) in [5, 5.41) is 15.3. The van der Waals surface area contributed by atoms with E-state index in [2.05, 4.69) is 38.7 Å². The van der Waals surface area contributed by atoms with Gasteiger partial charge in [0.05, 0.1) is 28.7 Å². The number of pyridine rings is 1. The topological polar surface area (TPSA) is 81.0 Å². The number of anilines is 4. The Labute approximate surface area is 176 Å². The first-order chi connectivity index (χ1) is 14.7. The van der Waals surface area contributed by atoms with E-state index in [1.165, 1.54) is 31.1 Å². The predicted octanol–water partition coefficient (Wildman–Crippen LogP) is 4.94. The Kier molecular flexibility index (Phi) is 5.90. The highest BCUT2D eigenvalue weighted by Gasteiger charge is 2.12. The van der Waals surface area contributed by atoms with Crippen molar-refractivity contribution in [1.82, 2.24) is 4.98 Å². The summed E-state index contributed by atoms with van der Waals surface area (Å²) in [4.78, 5) is 19.2. The van der Waals surface area contributed by atoms with Gasteiger partial charge in [-0.2, -0.15) is 5.26 Å². The number of rotatable bonds is 5. The van der Waals surface area contributed by atoms with Crippen molar-refractivity contribution in [1.29, 1.82) is 5.26 Å². The fourth-order valence-corrected chi connectivity index (χ4v) is 3.59. The van der Waals surface area contributed by atoms with Crippen LogP contribution in [0.2, 0.25) is 0 Å². The van der Waals surface area contributed by atoms with Gasteiger partial charge in [-0.3, -0.25) is 9.78 Å². The van der Waals surface area contributed by atoms with Gasteiger partial charge in [0.1, 0.15) is 6.07 Å². The van der Waals surface area contributed by atoms with Gasteiger partial charge in [-0.15, -0.1) is 0 Å². The fraction of sp³-hybridized carbons (Fsp3) is 0.208. The van der Waals surface area contributed by atoms with Crippen molar-refractivity contribution in [2.45, 2.75) is 19.3 Å². The molecule has 150 valence electrons. The van der Waals surface area contributed by atoms with Crippen LogP contribution in [0, 0.1) is 11.3 Å². The molecule has 1 aromatic heterocycles. The molecule has 1 aliphatic heterocycles. The van der Waals surface area contributed by atoms with E-state index in [1.807, 2.05) is 30.3 Å². The Morgan fingerprint density at radius 2 is 1.73 bits per heavy atom.